The van der Waals surface area contributed by atoms with Gasteiger partial charge in [-0.25, -0.2) is 0 Å². The molecule has 8 nitrogen and oxygen atoms in total. The van der Waals surface area contributed by atoms with Crippen molar-refractivity contribution in [1.82, 2.24) is 10.6 Å². The molecule has 8 heteroatoms. The molecule has 1 aromatic rings. The van der Waals surface area contributed by atoms with Crippen LogP contribution in [0.4, 0.5) is 0 Å². The molecular weight excluding hydrogens is 280 g/mol. The van der Waals surface area contributed by atoms with Crippen LogP contribution in [0.5, 0.6) is 0 Å². The van der Waals surface area contributed by atoms with Crippen LogP contribution in [-0.4, -0.2) is 48.7 Å². The summed E-state index contributed by atoms with van der Waals surface area (Å²) in [7, 11) is 0. The summed E-state index contributed by atoms with van der Waals surface area (Å²) in [6.45, 7) is 0.433. The first-order chi connectivity index (χ1) is 10.1. The fraction of sp³-hybridized carbons (Fsp3) is 0.462. The molecule has 21 heavy (non-hydrogen) atoms. The van der Waals surface area contributed by atoms with Crippen molar-refractivity contribution in [3.8, 4) is 0 Å². The third-order valence-electron chi connectivity index (χ3n) is 3.17. The maximum absolute atomic E-state index is 11.7. The van der Waals surface area contributed by atoms with Crippen LogP contribution in [0.2, 0.25) is 0 Å². The minimum absolute atomic E-state index is 0.0619. The SMILES string of the molecule is O=C(CCNC(=O)c1ccoc1)NC1COCC1C(=O)O. The number of furan rings is 1. The van der Waals surface area contributed by atoms with Crippen LogP contribution >= 0.6 is 0 Å². The zero-order valence-corrected chi connectivity index (χ0v) is 11.2. The van der Waals surface area contributed by atoms with Crippen LogP contribution in [0.1, 0.15) is 16.8 Å². The van der Waals surface area contributed by atoms with E-state index < -0.39 is 17.9 Å². The Morgan fingerprint density at radius 3 is 2.81 bits per heavy atom. The number of carboxylic acid groups (broad SMARTS) is 1. The van der Waals surface area contributed by atoms with E-state index in [1.165, 1.54) is 18.6 Å². The molecule has 2 amide bonds. The number of rotatable bonds is 6. The van der Waals surface area contributed by atoms with Gasteiger partial charge in [0, 0.05) is 13.0 Å². The highest BCUT2D eigenvalue weighted by molar-refractivity contribution is 5.94. The lowest BCUT2D eigenvalue weighted by atomic mass is 10.0. The van der Waals surface area contributed by atoms with Gasteiger partial charge >= 0.3 is 5.97 Å². The normalized spacial score (nSPS) is 21.0. The van der Waals surface area contributed by atoms with Gasteiger partial charge in [-0.15, -0.1) is 0 Å². The lowest BCUT2D eigenvalue weighted by molar-refractivity contribution is -0.142. The topological polar surface area (TPSA) is 118 Å². The summed E-state index contributed by atoms with van der Waals surface area (Å²) in [5.74, 6) is -2.38. The Morgan fingerprint density at radius 1 is 1.33 bits per heavy atom. The number of hydrogen-bond acceptors (Lipinski definition) is 5. The molecule has 0 spiro atoms. The second kappa shape index (κ2) is 6.89. The lowest BCUT2D eigenvalue weighted by Crippen LogP contribution is -2.43. The number of nitrogens with one attached hydrogen (secondary N) is 2. The van der Waals surface area contributed by atoms with Gasteiger partial charge in [0.05, 0.1) is 31.1 Å². The molecule has 114 valence electrons. The number of carbonyl (C=O) groups is 3. The zero-order valence-electron chi connectivity index (χ0n) is 11.2. The van der Waals surface area contributed by atoms with E-state index >= 15 is 0 Å². The molecule has 2 rings (SSSR count). The Labute approximate surface area is 120 Å². The Balaban J connectivity index is 1.70. The lowest BCUT2D eigenvalue weighted by Gasteiger charge is -2.15. The summed E-state index contributed by atoms with van der Waals surface area (Å²) >= 11 is 0. The maximum atomic E-state index is 11.7. The van der Waals surface area contributed by atoms with Crippen LogP contribution in [0.3, 0.4) is 0 Å². The molecule has 1 aliphatic rings. The monoisotopic (exact) mass is 296 g/mol. The van der Waals surface area contributed by atoms with Gasteiger partial charge in [-0.05, 0) is 6.07 Å². The molecule has 2 heterocycles. The number of carboxylic acids is 1. The van der Waals surface area contributed by atoms with Gasteiger partial charge in [0.1, 0.15) is 12.2 Å². The summed E-state index contributed by atoms with van der Waals surface area (Å²) in [4.78, 5) is 34.2. The predicted molar refractivity (Wildman–Crippen MR) is 69.5 cm³/mol. The third-order valence-corrected chi connectivity index (χ3v) is 3.17. The average Bonchev–Trinajstić information content (AvgIpc) is 3.09. The largest absolute Gasteiger partial charge is 0.481 e. The summed E-state index contributed by atoms with van der Waals surface area (Å²) in [6, 6.07) is 0.988. The van der Waals surface area contributed by atoms with Crippen molar-refractivity contribution in [3.05, 3.63) is 24.2 Å². The first-order valence-corrected chi connectivity index (χ1v) is 6.48. The smallest absolute Gasteiger partial charge is 0.311 e. The summed E-state index contributed by atoms with van der Waals surface area (Å²) < 4.78 is 9.82. The minimum Gasteiger partial charge on any atom is -0.481 e. The van der Waals surface area contributed by atoms with Crippen molar-refractivity contribution in [3.63, 3.8) is 0 Å². The molecule has 1 aromatic heterocycles. The Hall–Kier alpha value is -2.35. The summed E-state index contributed by atoms with van der Waals surface area (Å²) in [6.07, 6.45) is 2.75. The van der Waals surface area contributed by atoms with Crippen molar-refractivity contribution in [2.45, 2.75) is 12.5 Å². The molecule has 3 N–H and O–H groups in total. The third kappa shape index (κ3) is 4.06. The molecule has 2 atom stereocenters. The highest BCUT2D eigenvalue weighted by atomic mass is 16.5. The fourth-order valence-corrected chi connectivity index (χ4v) is 2.00. The average molecular weight is 296 g/mol. The first kappa shape index (κ1) is 15.0. The highest BCUT2D eigenvalue weighted by Gasteiger charge is 2.34. The van der Waals surface area contributed by atoms with Crippen LogP contribution in [0.15, 0.2) is 23.0 Å². The van der Waals surface area contributed by atoms with Crippen molar-refractivity contribution in [2.24, 2.45) is 5.92 Å². The molecule has 2 unspecified atom stereocenters. The van der Waals surface area contributed by atoms with E-state index in [9.17, 15) is 14.4 Å². The molecule has 0 saturated carbocycles. The van der Waals surface area contributed by atoms with Gasteiger partial charge in [-0.2, -0.15) is 0 Å². The Morgan fingerprint density at radius 2 is 2.14 bits per heavy atom. The minimum atomic E-state index is -0.994. The van der Waals surface area contributed by atoms with E-state index in [1.54, 1.807) is 0 Å². The second-order valence-electron chi connectivity index (χ2n) is 4.67. The summed E-state index contributed by atoms with van der Waals surface area (Å²) in [5.41, 5.74) is 0.380. The van der Waals surface area contributed by atoms with E-state index in [0.717, 1.165) is 0 Å². The Bertz CT molecular complexity index is 513. The van der Waals surface area contributed by atoms with Crippen molar-refractivity contribution < 1.29 is 28.6 Å². The molecular formula is C13H16N2O6. The standard InChI is InChI=1S/C13H16N2O6/c16-11(15-10-7-21-6-9(10)13(18)19)1-3-14-12(17)8-2-4-20-5-8/h2,4-5,9-10H,1,3,6-7H2,(H,14,17)(H,15,16)(H,18,19). The van der Waals surface area contributed by atoms with E-state index in [4.69, 9.17) is 14.3 Å². The van der Waals surface area contributed by atoms with Crippen molar-refractivity contribution >= 4 is 17.8 Å². The predicted octanol–water partition coefficient (Wildman–Crippen LogP) is -0.385. The molecule has 1 aliphatic heterocycles. The van der Waals surface area contributed by atoms with Gasteiger partial charge in [0.15, 0.2) is 0 Å². The van der Waals surface area contributed by atoms with Gasteiger partial charge in [0.25, 0.3) is 5.91 Å². The first-order valence-electron chi connectivity index (χ1n) is 6.48. The molecule has 0 aromatic carbocycles. The second-order valence-corrected chi connectivity index (χ2v) is 4.67. The fourth-order valence-electron chi connectivity index (χ4n) is 2.00. The van der Waals surface area contributed by atoms with Crippen LogP contribution < -0.4 is 10.6 Å². The van der Waals surface area contributed by atoms with Crippen LogP contribution in [0.25, 0.3) is 0 Å². The summed E-state index contributed by atoms with van der Waals surface area (Å²) in [5, 5.41) is 14.1. The van der Waals surface area contributed by atoms with Crippen molar-refractivity contribution in [2.75, 3.05) is 19.8 Å². The van der Waals surface area contributed by atoms with Gasteiger partial charge < -0.3 is 24.9 Å². The van der Waals surface area contributed by atoms with Crippen LogP contribution in [-0.2, 0) is 14.3 Å². The maximum Gasteiger partial charge on any atom is 0.311 e. The quantitative estimate of drug-likeness (QED) is 0.658. The molecule has 0 aliphatic carbocycles. The van der Waals surface area contributed by atoms with Gasteiger partial charge in [-0.3, -0.25) is 14.4 Å². The van der Waals surface area contributed by atoms with Crippen molar-refractivity contribution in [1.29, 1.82) is 0 Å². The molecule has 1 saturated heterocycles. The van der Waals surface area contributed by atoms with Gasteiger partial charge in [0.2, 0.25) is 5.91 Å². The van der Waals surface area contributed by atoms with E-state index in [2.05, 4.69) is 10.6 Å². The zero-order chi connectivity index (χ0) is 15.2. The number of aliphatic carboxylic acids is 1. The van der Waals surface area contributed by atoms with Gasteiger partial charge in [-0.1, -0.05) is 0 Å². The number of ether oxygens (including phenoxy) is 1. The Kier molecular flexibility index (Phi) is 4.94. The molecule has 1 fully saturated rings. The highest BCUT2D eigenvalue weighted by Crippen LogP contribution is 2.13. The number of carbonyl (C=O) groups excluding carboxylic acids is 2. The number of amides is 2. The molecule has 0 radical (unpaired) electrons. The van der Waals surface area contributed by atoms with E-state index in [1.807, 2.05) is 0 Å². The van der Waals surface area contributed by atoms with E-state index in [0.29, 0.717) is 5.56 Å². The number of hydrogen-bond donors (Lipinski definition) is 3. The van der Waals surface area contributed by atoms with E-state index in [-0.39, 0.29) is 38.0 Å². The van der Waals surface area contributed by atoms with Crippen LogP contribution in [0, 0.1) is 5.92 Å². The molecule has 0 bridgehead atoms.